The highest BCUT2D eigenvalue weighted by Gasteiger charge is 2.10. The van der Waals surface area contributed by atoms with Crippen LogP contribution >= 0.6 is 11.6 Å². The Balaban J connectivity index is 2.70. The molecule has 0 spiro atoms. The van der Waals surface area contributed by atoms with E-state index in [1.165, 1.54) is 0 Å². The maximum atomic E-state index is 11.3. The molecule has 1 heterocycles. The Morgan fingerprint density at radius 2 is 2.24 bits per heavy atom. The number of carbonyl (C=O) groups is 1. The van der Waals surface area contributed by atoms with Gasteiger partial charge < -0.3 is 5.32 Å². The molecule has 0 aromatic carbocycles. The molecule has 17 heavy (non-hydrogen) atoms. The van der Waals surface area contributed by atoms with Crippen LogP contribution in [0, 0.1) is 6.92 Å². The molecule has 0 unspecified atom stereocenters. The first-order valence-electron chi connectivity index (χ1n) is 5.48. The van der Waals surface area contributed by atoms with Gasteiger partial charge in [0.25, 0.3) is 0 Å². The number of hydrogen-bond donors (Lipinski definition) is 1. The van der Waals surface area contributed by atoms with Crippen LogP contribution in [-0.2, 0) is 11.3 Å². The van der Waals surface area contributed by atoms with E-state index in [0.717, 1.165) is 12.2 Å². The molecule has 0 aliphatic rings. The van der Waals surface area contributed by atoms with E-state index in [-0.39, 0.29) is 5.91 Å². The van der Waals surface area contributed by atoms with Crippen LogP contribution in [0.25, 0.3) is 0 Å². The van der Waals surface area contributed by atoms with Gasteiger partial charge in [-0.2, -0.15) is 0 Å². The average Bonchev–Trinajstić information content (AvgIpc) is 2.26. The number of rotatable bonds is 5. The van der Waals surface area contributed by atoms with E-state index < -0.39 is 0 Å². The van der Waals surface area contributed by atoms with Crippen molar-refractivity contribution in [1.82, 2.24) is 20.2 Å². The van der Waals surface area contributed by atoms with Gasteiger partial charge in [0, 0.05) is 12.7 Å². The zero-order chi connectivity index (χ0) is 12.8. The summed E-state index contributed by atoms with van der Waals surface area (Å²) in [7, 11) is 1.62. The number of amides is 1. The molecule has 0 aliphatic heterocycles. The predicted molar refractivity (Wildman–Crippen MR) is 66.8 cm³/mol. The zero-order valence-electron chi connectivity index (χ0n) is 10.3. The molecule has 1 amide bonds. The van der Waals surface area contributed by atoms with E-state index in [2.05, 4.69) is 15.3 Å². The minimum absolute atomic E-state index is 0.0226. The van der Waals surface area contributed by atoms with Crippen molar-refractivity contribution in [2.75, 3.05) is 20.1 Å². The highest BCUT2D eigenvalue weighted by atomic mass is 35.5. The van der Waals surface area contributed by atoms with Crippen molar-refractivity contribution < 1.29 is 4.79 Å². The summed E-state index contributed by atoms with van der Waals surface area (Å²) in [6, 6.07) is 1.71. The Morgan fingerprint density at radius 3 is 2.76 bits per heavy atom. The molecule has 0 fully saturated rings. The summed E-state index contributed by atoms with van der Waals surface area (Å²) in [5, 5.41) is 3.02. The largest absolute Gasteiger partial charge is 0.358 e. The topological polar surface area (TPSA) is 58.1 Å². The molecular formula is C11H17ClN4O. The first-order chi connectivity index (χ1) is 8.05. The normalized spacial score (nSPS) is 10.6. The predicted octanol–water partition coefficient (Wildman–Crippen LogP) is 1.01. The molecule has 1 N–H and O–H groups in total. The molecule has 0 bridgehead atoms. The van der Waals surface area contributed by atoms with E-state index in [0.29, 0.717) is 24.1 Å². The lowest BCUT2D eigenvalue weighted by Crippen LogP contribution is -2.35. The lowest BCUT2D eigenvalue weighted by molar-refractivity contribution is -0.121. The highest BCUT2D eigenvalue weighted by molar-refractivity contribution is 6.29. The van der Waals surface area contributed by atoms with Gasteiger partial charge in [-0.1, -0.05) is 18.5 Å². The van der Waals surface area contributed by atoms with Gasteiger partial charge in [0.1, 0.15) is 11.0 Å². The summed E-state index contributed by atoms with van der Waals surface area (Å²) in [6.07, 6.45) is 0. The average molecular weight is 257 g/mol. The van der Waals surface area contributed by atoms with Crippen molar-refractivity contribution in [3.63, 3.8) is 0 Å². The fourth-order valence-electron chi connectivity index (χ4n) is 1.42. The van der Waals surface area contributed by atoms with Crippen LogP contribution < -0.4 is 5.32 Å². The van der Waals surface area contributed by atoms with Crippen LogP contribution in [0.15, 0.2) is 6.07 Å². The van der Waals surface area contributed by atoms with Gasteiger partial charge in [0.2, 0.25) is 5.91 Å². The van der Waals surface area contributed by atoms with Crippen molar-refractivity contribution >= 4 is 17.5 Å². The third-order valence-corrected chi connectivity index (χ3v) is 2.52. The second kappa shape index (κ2) is 6.51. The number of aromatic nitrogens is 2. The van der Waals surface area contributed by atoms with Crippen LogP contribution in [0.5, 0.6) is 0 Å². The summed E-state index contributed by atoms with van der Waals surface area (Å²) in [5.74, 6) is 0.617. The molecule has 1 aromatic heterocycles. The van der Waals surface area contributed by atoms with Gasteiger partial charge in [-0.25, -0.2) is 9.97 Å². The van der Waals surface area contributed by atoms with Gasteiger partial charge >= 0.3 is 0 Å². The summed E-state index contributed by atoms with van der Waals surface area (Å²) in [5.41, 5.74) is 0.830. The Labute approximate surface area is 106 Å². The van der Waals surface area contributed by atoms with Gasteiger partial charge in [0.15, 0.2) is 0 Å². The van der Waals surface area contributed by atoms with Gasteiger partial charge in [-0.3, -0.25) is 9.69 Å². The van der Waals surface area contributed by atoms with Gasteiger partial charge in [0.05, 0.1) is 13.1 Å². The third-order valence-electron chi connectivity index (χ3n) is 2.33. The summed E-state index contributed by atoms with van der Waals surface area (Å²) < 4.78 is 0. The number of aryl methyl sites for hydroxylation is 1. The summed E-state index contributed by atoms with van der Waals surface area (Å²) in [4.78, 5) is 21.7. The Bertz CT molecular complexity index is 377. The van der Waals surface area contributed by atoms with Crippen LogP contribution in [0.2, 0.25) is 5.15 Å². The van der Waals surface area contributed by atoms with Crippen molar-refractivity contribution in [2.24, 2.45) is 0 Å². The minimum Gasteiger partial charge on any atom is -0.358 e. The molecule has 0 atom stereocenters. The standard InChI is InChI=1S/C11H17ClN4O/c1-4-16(7-11(17)13-3)6-10-14-8(2)5-9(12)15-10/h5H,4,6-7H2,1-3H3,(H,13,17). The molecule has 94 valence electrons. The third kappa shape index (κ3) is 4.66. The second-order valence-electron chi connectivity index (χ2n) is 3.72. The van der Waals surface area contributed by atoms with Crippen LogP contribution in [0.1, 0.15) is 18.4 Å². The number of nitrogens with zero attached hydrogens (tertiary/aromatic N) is 3. The van der Waals surface area contributed by atoms with Crippen molar-refractivity contribution in [2.45, 2.75) is 20.4 Å². The fourth-order valence-corrected chi connectivity index (χ4v) is 1.68. The quantitative estimate of drug-likeness (QED) is 0.799. The van der Waals surface area contributed by atoms with E-state index in [1.54, 1.807) is 13.1 Å². The maximum Gasteiger partial charge on any atom is 0.233 e. The first kappa shape index (κ1) is 13.9. The van der Waals surface area contributed by atoms with Crippen molar-refractivity contribution in [3.8, 4) is 0 Å². The lowest BCUT2D eigenvalue weighted by atomic mass is 10.4. The smallest absolute Gasteiger partial charge is 0.233 e. The van der Waals surface area contributed by atoms with Crippen LogP contribution in [0.4, 0.5) is 0 Å². The van der Waals surface area contributed by atoms with E-state index in [1.807, 2.05) is 18.7 Å². The molecule has 1 rings (SSSR count). The SMILES string of the molecule is CCN(CC(=O)NC)Cc1nc(C)cc(Cl)n1. The molecule has 0 radical (unpaired) electrons. The Kier molecular flexibility index (Phi) is 5.31. The van der Waals surface area contributed by atoms with Crippen molar-refractivity contribution in [1.29, 1.82) is 0 Å². The van der Waals surface area contributed by atoms with Crippen molar-refractivity contribution in [3.05, 3.63) is 22.7 Å². The summed E-state index contributed by atoms with van der Waals surface area (Å²) >= 11 is 5.86. The van der Waals surface area contributed by atoms with E-state index in [4.69, 9.17) is 11.6 Å². The second-order valence-corrected chi connectivity index (χ2v) is 4.11. The lowest BCUT2D eigenvalue weighted by Gasteiger charge is -2.18. The molecular weight excluding hydrogens is 240 g/mol. The van der Waals surface area contributed by atoms with E-state index in [9.17, 15) is 4.79 Å². The number of carbonyl (C=O) groups excluding carboxylic acids is 1. The first-order valence-corrected chi connectivity index (χ1v) is 5.86. The molecule has 0 aliphatic carbocycles. The fraction of sp³-hybridized carbons (Fsp3) is 0.545. The number of nitrogens with one attached hydrogen (secondary N) is 1. The zero-order valence-corrected chi connectivity index (χ0v) is 11.1. The molecule has 1 aromatic rings. The molecule has 6 heteroatoms. The van der Waals surface area contributed by atoms with Crippen LogP contribution in [-0.4, -0.2) is 40.9 Å². The number of likely N-dealkylation sites (N-methyl/N-ethyl adjacent to an activating group) is 2. The monoisotopic (exact) mass is 256 g/mol. The molecule has 5 nitrogen and oxygen atoms in total. The van der Waals surface area contributed by atoms with Gasteiger partial charge in [-0.15, -0.1) is 0 Å². The number of hydrogen-bond acceptors (Lipinski definition) is 4. The summed E-state index contributed by atoms with van der Waals surface area (Å²) in [6.45, 7) is 5.46. The number of halogens is 1. The Morgan fingerprint density at radius 1 is 1.53 bits per heavy atom. The molecule has 0 saturated heterocycles. The molecule has 0 saturated carbocycles. The van der Waals surface area contributed by atoms with E-state index >= 15 is 0 Å². The highest BCUT2D eigenvalue weighted by Crippen LogP contribution is 2.08. The Hall–Kier alpha value is -1.20. The maximum absolute atomic E-state index is 11.3. The van der Waals surface area contributed by atoms with Crippen LogP contribution in [0.3, 0.4) is 0 Å². The van der Waals surface area contributed by atoms with Gasteiger partial charge in [-0.05, 0) is 19.5 Å². The minimum atomic E-state index is -0.0226.